The van der Waals surface area contributed by atoms with Crippen molar-refractivity contribution in [1.82, 2.24) is 4.31 Å². The molecule has 40 heavy (non-hydrogen) atoms. The minimum Gasteiger partial charge on any atom is -0.476 e. The highest BCUT2D eigenvalue weighted by Gasteiger charge is 2.29. The van der Waals surface area contributed by atoms with Crippen LogP contribution in [0.3, 0.4) is 0 Å². The molecule has 1 aliphatic rings. The second-order valence-corrected chi connectivity index (χ2v) is 12.0. The molecule has 208 valence electrons. The Morgan fingerprint density at radius 3 is 2.33 bits per heavy atom. The van der Waals surface area contributed by atoms with Crippen LogP contribution < -0.4 is 20.4 Å². The Hall–Kier alpha value is -3.99. The molecule has 1 aromatic heterocycles. The number of hydrogen-bond acceptors (Lipinski definition) is 6. The lowest BCUT2D eigenvalue weighted by Crippen LogP contribution is -3.12. The number of aryl methyl sites for hydroxylation is 2. The third-order valence-corrected chi connectivity index (χ3v) is 9.11. The lowest BCUT2D eigenvalue weighted by Gasteiger charge is -2.29. The van der Waals surface area contributed by atoms with E-state index >= 15 is 0 Å². The molecule has 1 aliphatic heterocycles. The number of amides is 1. The Kier molecular flexibility index (Phi) is 7.75. The number of hydrogen-bond donors (Lipinski definition) is 2. The molecule has 0 unspecified atom stereocenters. The fourth-order valence-corrected chi connectivity index (χ4v) is 6.09. The van der Waals surface area contributed by atoms with E-state index in [2.05, 4.69) is 5.32 Å². The van der Waals surface area contributed by atoms with Crippen molar-refractivity contribution >= 4 is 32.6 Å². The molecule has 10 heteroatoms. The SMILES string of the molecule is Cc1cc2oc(-c3ccccc3)c(OCC(=O)Nc3ccc(S(=O)(=O)N4CC[NH+](C)CC4)cc3)c(=O)c2cc1C. The van der Waals surface area contributed by atoms with Crippen LogP contribution in [0.4, 0.5) is 5.69 Å². The molecule has 0 spiro atoms. The monoisotopic (exact) mass is 562 g/mol. The van der Waals surface area contributed by atoms with Crippen LogP contribution in [0.15, 0.2) is 80.8 Å². The zero-order chi connectivity index (χ0) is 28.4. The van der Waals surface area contributed by atoms with Crippen LogP contribution in [0.2, 0.25) is 0 Å². The van der Waals surface area contributed by atoms with Gasteiger partial charge in [-0.3, -0.25) is 9.59 Å². The summed E-state index contributed by atoms with van der Waals surface area (Å²) in [6, 6.07) is 18.7. The van der Waals surface area contributed by atoms with Crippen LogP contribution in [-0.4, -0.2) is 58.5 Å². The molecular weight excluding hydrogens is 530 g/mol. The number of anilines is 1. The van der Waals surface area contributed by atoms with Crippen LogP contribution in [0, 0.1) is 13.8 Å². The summed E-state index contributed by atoms with van der Waals surface area (Å²) in [5, 5.41) is 3.07. The average molecular weight is 563 g/mol. The Balaban J connectivity index is 1.33. The number of sulfonamides is 1. The van der Waals surface area contributed by atoms with E-state index in [0.717, 1.165) is 24.2 Å². The van der Waals surface area contributed by atoms with Crippen molar-refractivity contribution in [2.45, 2.75) is 18.7 Å². The van der Waals surface area contributed by atoms with Crippen molar-refractivity contribution in [3.63, 3.8) is 0 Å². The standard InChI is InChI=1S/C30H31N3O6S/c1-20-17-25-26(18-21(20)2)39-29(22-7-5-4-6-8-22)30(28(25)35)38-19-27(34)31-23-9-11-24(12-10-23)40(36,37)33-15-13-32(3)14-16-33/h4-12,17-18H,13-16,19H2,1-3H3,(H,31,34)/p+1. The van der Waals surface area contributed by atoms with E-state index in [4.69, 9.17) is 9.15 Å². The highest BCUT2D eigenvalue weighted by atomic mass is 32.2. The van der Waals surface area contributed by atoms with Crippen molar-refractivity contribution in [2.24, 2.45) is 0 Å². The number of fused-ring (bicyclic) bond motifs is 1. The fourth-order valence-electron chi connectivity index (χ4n) is 4.65. The molecule has 0 saturated carbocycles. The van der Waals surface area contributed by atoms with Gasteiger partial charge in [-0.05, 0) is 61.4 Å². The second-order valence-electron chi connectivity index (χ2n) is 10.1. The first-order chi connectivity index (χ1) is 19.1. The predicted octanol–water partition coefficient (Wildman–Crippen LogP) is 2.61. The van der Waals surface area contributed by atoms with Gasteiger partial charge in [0, 0.05) is 11.3 Å². The summed E-state index contributed by atoms with van der Waals surface area (Å²) in [7, 11) is -1.56. The van der Waals surface area contributed by atoms with Gasteiger partial charge < -0.3 is 19.4 Å². The highest BCUT2D eigenvalue weighted by molar-refractivity contribution is 7.89. The topological polar surface area (TPSA) is 110 Å². The van der Waals surface area contributed by atoms with Gasteiger partial charge in [0.1, 0.15) is 5.58 Å². The number of nitrogens with one attached hydrogen (secondary N) is 2. The van der Waals surface area contributed by atoms with Gasteiger partial charge >= 0.3 is 0 Å². The Bertz CT molecular complexity index is 1710. The van der Waals surface area contributed by atoms with Crippen molar-refractivity contribution < 1.29 is 27.3 Å². The smallest absolute Gasteiger partial charge is 0.262 e. The zero-order valence-electron chi connectivity index (χ0n) is 22.7. The average Bonchev–Trinajstić information content (AvgIpc) is 2.94. The first kappa shape index (κ1) is 27.6. The van der Waals surface area contributed by atoms with E-state index in [1.165, 1.54) is 33.5 Å². The van der Waals surface area contributed by atoms with Gasteiger partial charge in [0.05, 0.1) is 43.5 Å². The van der Waals surface area contributed by atoms with Gasteiger partial charge in [-0.1, -0.05) is 30.3 Å². The fraction of sp³-hybridized carbons (Fsp3) is 0.267. The minimum absolute atomic E-state index is 0.0486. The Morgan fingerprint density at radius 2 is 1.65 bits per heavy atom. The number of rotatable bonds is 7. The summed E-state index contributed by atoms with van der Waals surface area (Å²) >= 11 is 0. The van der Waals surface area contributed by atoms with E-state index in [9.17, 15) is 18.0 Å². The number of likely N-dealkylation sites (N-methyl/N-ethyl adjacent to an activating group) is 1. The minimum atomic E-state index is -3.60. The molecule has 0 aliphatic carbocycles. The van der Waals surface area contributed by atoms with Crippen molar-refractivity contribution in [1.29, 1.82) is 0 Å². The maximum atomic E-state index is 13.5. The quantitative estimate of drug-likeness (QED) is 0.358. The molecular formula is C30H32N3O6S+. The summed E-state index contributed by atoms with van der Waals surface area (Å²) in [4.78, 5) is 27.7. The van der Waals surface area contributed by atoms with Gasteiger partial charge in [0.15, 0.2) is 12.4 Å². The Labute approximate surface area is 233 Å². The molecule has 9 nitrogen and oxygen atoms in total. The molecule has 1 fully saturated rings. The van der Waals surface area contributed by atoms with Gasteiger partial charge in [-0.15, -0.1) is 0 Å². The van der Waals surface area contributed by atoms with E-state index in [1.54, 1.807) is 18.2 Å². The van der Waals surface area contributed by atoms with E-state index in [1.807, 2.05) is 45.2 Å². The van der Waals surface area contributed by atoms with E-state index in [-0.39, 0.29) is 21.8 Å². The predicted molar refractivity (Wildman–Crippen MR) is 153 cm³/mol. The second kappa shape index (κ2) is 11.2. The third kappa shape index (κ3) is 5.65. The van der Waals surface area contributed by atoms with Crippen LogP contribution in [0.1, 0.15) is 11.1 Å². The molecule has 2 N–H and O–H groups in total. The van der Waals surface area contributed by atoms with Crippen LogP contribution >= 0.6 is 0 Å². The van der Waals surface area contributed by atoms with Crippen LogP contribution in [-0.2, 0) is 14.8 Å². The molecule has 2 heterocycles. The third-order valence-electron chi connectivity index (χ3n) is 7.20. The van der Waals surface area contributed by atoms with E-state index in [0.29, 0.717) is 35.3 Å². The first-order valence-corrected chi connectivity index (χ1v) is 14.5. The van der Waals surface area contributed by atoms with E-state index < -0.39 is 22.5 Å². The van der Waals surface area contributed by atoms with Crippen LogP contribution in [0.5, 0.6) is 5.75 Å². The molecule has 3 aromatic carbocycles. The molecule has 5 rings (SSSR count). The van der Waals surface area contributed by atoms with Crippen molar-refractivity contribution in [3.8, 4) is 17.1 Å². The lowest BCUT2D eigenvalue weighted by atomic mass is 10.0. The molecule has 0 atom stereocenters. The number of nitrogens with zero attached hydrogens (tertiary/aromatic N) is 1. The molecule has 1 saturated heterocycles. The molecule has 4 aromatic rings. The van der Waals surface area contributed by atoms with Gasteiger partial charge in [0.25, 0.3) is 5.91 Å². The maximum absolute atomic E-state index is 13.5. The molecule has 1 amide bonds. The normalized spacial score (nSPS) is 14.8. The summed E-state index contributed by atoms with van der Waals surface area (Å²) in [5.74, 6) is -0.307. The van der Waals surface area contributed by atoms with Crippen molar-refractivity contribution in [2.75, 3.05) is 45.2 Å². The molecule has 0 bridgehead atoms. The molecule has 0 radical (unpaired) electrons. The van der Waals surface area contributed by atoms with Gasteiger partial charge in [-0.25, -0.2) is 8.42 Å². The number of ether oxygens (including phenoxy) is 1. The largest absolute Gasteiger partial charge is 0.476 e. The number of quaternary nitrogens is 1. The lowest BCUT2D eigenvalue weighted by molar-refractivity contribution is -0.883. The first-order valence-electron chi connectivity index (χ1n) is 13.1. The maximum Gasteiger partial charge on any atom is 0.262 e. The van der Waals surface area contributed by atoms with Crippen molar-refractivity contribution in [3.05, 3.63) is 88.1 Å². The van der Waals surface area contributed by atoms with Gasteiger partial charge in [-0.2, -0.15) is 4.31 Å². The summed E-state index contributed by atoms with van der Waals surface area (Å²) in [5.41, 5.74) is 3.07. The summed E-state index contributed by atoms with van der Waals surface area (Å²) in [6.07, 6.45) is 0. The van der Waals surface area contributed by atoms with Crippen LogP contribution in [0.25, 0.3) is 22.3 Å². The zero-order valence-corrected chi connectivity index (χ0v) is 23.5. The number of carbonyl (C=O) groups excluding carboxylic acids is 1. The number of piperazine rings is 1. The highest BCUT2D eigenvalue weighted by Crippen LogP contribution is 2.31. The number of carbonyl (C=O) groups is 1. The summed E-state index contributed by atoms with van der Waals surface area (Å²) in [6.45, 7) is 5.87. The number of benzene rings is 3. The Morgan fingerprint density at radius 1 is 1.00 bits per heavy atom. The van der Waals surface area contributed by atoms with Gasteiger partial charge in [0.2, 0.25) is 21.2 Å². The summed E-state index contributed by atoms with van der Waals surface area (Å²) < 4.78 is 39.3.